The van der Waals surface area contributed by atoms with Crippen LogP contribution in [0.1, 0.15) is 17.5 Å². The number of nitrogens with zero attached hydrogens (tertiary/aromatic N) is 1. The fraction of sp³-hybridized carbons (Fsp3) is 0.500. The number of halogens is 3. The first-order valence-corrected chi connectivity index (χ1v) is 5.51. The molecule has 0 aromatic heterocycles. The van der Waals surface area contributed by atoms with Gasteiger partial charge in [-0.1, -0.05) is 24.3 Å². The van der Waals surface area contributed by atoms with E-state index >= 15 is 0 Å². The van der Waals surface area contributed by atoms with E-state index in [1.54, 1.807) is 25.2 Å². The lowest BCUT2D eigenvalue weighted by atomic mass is 9.77. The molecule has 92 valence electrons. The number of hydroxylamine groups is 2. The van der Waals surface area contributed by atoms with Gasteiger partial charge in [-0.05, 0) is 17.5 Å². The van der Waals surface area contributed by atoms with Crippen molar-refractivity contribution >= 4 is 0 Å². The zero-order chi connectivity index (χ0) is 12.3. The highest BCUT2D eigenvalue weighted by atomic mass is 19.4. The number of likely N-dealkylation sites (N-methyl/N-ethyl adjacent to an activating group) is 1. The van der Waals surface area contributed by atoms with Crippen molar-refractivity contribution in [3.05, 3.63) is 35.4 Å². The van der Waals surface area contributed by atoms with Gasteiger partial charge in [0.2, 0.25) is 5.60 Å². The van der Waals surface area contributed by atoms with Crippen LogP contribution in [0, 0.1) is 0 Å². The standard InChI is InChI=1S/C12H12F3NO/c1-16-9-6-8-4-2-3-5-10(8)11(7-9,17-16)12(13,14)15/h2-5,9H,6-7H2,1H3/t9-,11-/m0/s1. The molecule has 17 heavy (non-hydrogen) atoms. The second-order valence-electron chi connectivity index (χ2n) is 4.68. The summed E-state index contributed by atoms with van der Waals surface area (Å²) in [5.74, 6) is 0. The van der Waals surface area contributed by atoms with Gasteiger partial charge in [0, 0.05) is 19.5 Å². The van der Waals surface area contributed by atoms with Crippen LogP contribution in [-0.2, 0) is 16.9 Å². The summed E-state index contributed by atoms with van der Waals surface area (Å²) in [5, 5.41) is 1.35. The molecule has 2 aliphatic rings. The van der Waals surface area contributed by atoms with Gasteiger partial charge in [-0.2, -0.15) is 18.2 Å². The molecule has 0 unspecified atom stereocenters. The van der Waals surface area contributed by atoms with Gasteiger partial charge in [-0.3, -0.25) is 4.84 Å². The molecule has 1 fully saturated rings. The van der Waals surface area contributed by atoms with E-state index < -0.39 is 11.8 Å². The second kappa shape index (κ2) is 3.23. The molecule has 0 saturated carbocycles. The monoisotopic (exact) mass is 243 g/mol. The van der Waals surface area contributed by atoms with E-state index in [9.17, 15) is 13.2 Å². The van der Waals surface area contributed by atoms with Crippen LogP contribution in [0.3, 0.4) is 0 Å². The molecule has 0 spiro atoms. The summed E-state index contributed by atoms with van der Waals surface area (Å²) in [6.07, 6.45) is -3.78. The Morgan fingerprint density at radius 1 is 1.35 bits per heavy atom. The van der Waals surface area contributed by atoms with E-state index in [1.807, 2.05) is 0 Å². The molecule has 2 bridgehead atoms. The molecule has 1 aromatic carbocycles. The van der Waals surface area contributed by atoms with E-state index in [0.717, 1.165) is 5.56 Å². The highest BCUT2D eigenvalue weighted by Gasteiger charge is 2.65. The normalized spacial score (nSPS) is 32.6. The fourth-order valence-corrected chi connectivity index (χ4v) is 2.84. The van der Waals surface area contributed by atoms with Gasteiger partial charge in [-0.15, -0.1) is 0 Å². The van der Waals surface area contributed by atoms with Crippen LogP contribution in [-0.4, -0.2) is 24.3 Å². The molecule has 0 amide bonds. The molecule has 5 heteroatoms. The molecule has 1 heterocycles. The largest absolute Gasteiger partial charge is 0.423 e. The summed E-state index contributed by atoms with van der Waals surface area (Å²) in [7, 11) is 1.57. The van der Waals surface area contributed by atoms with Crippen molar-refractivity contribution in [2.24, 2.45) is 0 Å². The molecule has 1 aromatic rings. The van der Waals surface area contributed by atoms with Gasteiger partial charge < -0.3 is 0 Å². The number of benzene rings is 1. The maximum absolute atomic E-state index is 13.3. The predicted octanol–water partition coefficient (Wildman–Crippen LogP) is 2.64. The summed E-state index contributed by atoms with van der Waals surface area (Å²) in [4.78, 5) is 5.17. The first kappa shape index (κ1) is 11.0. The Morgan fingerprint density at radius 3 is 2.76 bits per heavy atom. The number of hydrogen-bond donors (Lipinski definition) is 0. The smallest absolute Gasteiger partial charge is 0.278 e. The van der Waals surface area contributed by atoms with Crippen molar-refractivity contribution in [1.82, 2.24) is 5.06 Å². The quantitative estimate of drug-likeness (QED) is 0.694. The lowest BCUT2D eigenvalue weighted by Crippen LogP contribution is -2.44. The third-order valence-corrected chi connectivity index (χ3v) is 3.70. The van der Waals surface area contributed by atoms with Gasteiger partial charge in [0.25, 0.3) is 0 Å². The van der Waals surface area contributed by atoms with Gasteiger partial charge in [-0.25, -0.2) is 0 Å². The number of hydrogen-bond acceptors (Lipinski definition) is 2. The minimum absolute atomic E-state index is 0.00991. The first-order chi connectivity index (χ1) is 7.94. The molecule has 3 rings (SSSR count). The Morgan fingerprint density at radius 2 is 2.06 bits per heavy atom. The second-order valence-corrected chi connectivity index (χ2v) is 4.68. The Kier molecular flexibility index (Phi) is 2.10. The molecule has 1 saturated heterocycles. The van der Waals surface area contributed by atoms with E-state index in [1.165, 1.54) is 11.1 Å². The maximum Gasteiger partial charge on any atom is 0.423 e. The average Bonchev–Trinajstić information content (AvgIpc) is 2.53. The highest BCUT2D eigenvalue weighted by molar-refractivity contribution is 5.38. The van der Waals surface area contributed by atoms with Crippen LogP contribution < -0.4 is 0 Å². The van der Waals surface area contributed by atoms with Gasteiger partial charge in [0.15, 0.2) is 0 Å². The summed E-state index contributed by atoms with van der Waals surface area (Å²) in [5.41, 5.74) is -1.13. The Labute approximate surface area is 96.9 Å². The van der Waals surface area contributed by atoms with Crippen molar-refractivity contribution in [3.63, 3.8) is 0 Å². The minimum Gasteiger partial charge on any atom is -0.278 e. The molecular formula is C12H12F3NO. The molecule has 0 N–H and O–H groups in total. The lowest BCUT2D eigenvalue weighted by molar-refractivity contribution is -0.321. The summed E-state index contributed by atoms with van der Waals surface area (Å²) in [6, 6.07) is 6.50. The van der Waals surface area contributed by atoms with E-state index in [-0.39, 0.29) is 18.0 Å². The SMILES string of the molecule is CN1O[C@@]2(C(F)(F)F)C[C@@H]1Cc1ccccc12. The summed E-state index contributed by atoms with van der Waals surface area (Å²) in [6.45, 7) is 0. The van der Waals surface area contributed by atoms with Crippen LogP contribution in [0.15, 0.2) is 24.3 Å². The Balaban J connectivity index is 2.20. The van der Waals surface area contributed by atoms with Gasteiger partial charge >= 0.3 is 6.18 Å². The number of alkyl halides is 3. The third kappa shape index (κ3) is 1.35. The van der Waals surface area contributed by atoms with Crippen molar-refractivity contribution in [3.8, 4) is 0 Å². The van der Waals surface area contributed by atoms with Crippen molar-refractivity contribution in [2.75, 3.05) is 7.05 Å². The third-order valence-electron chi connectivity index (χ3n) is 3.70. The van der Waals surface area contributed by atoms with E-state index in [2.05, 4.69) is 0 Å². The van der Waals surface area contributed by atoms with Crippen LogP contribution in [0.2, 0.25) is 0 Å². The molecule has 0 radical (unpaired) electrons. The van der Waals surface area contributed by atoms with Crippen molar-refractivity contribution < 1.29 is 18.0 Å². The lowest BCUT2D eigenvalue weighted by Gasteiger charge is -2.33. The zero-order valence-corrected chi connectivity index (χ0v) is 9.29. The Hall–Kier alpha value is -1.07. The van der Waals surface area contributed by atoms with Gasteiger partial charge in [0.1, 0.15) is 0 Å². The van der Waals surface area contributed by atoms with Crippen LogP contribution in [0.25, 0.3) is 0 Å². The maximum atomic E-state index is 13.3. The Bertz CT molecular complexity index is 455. The number of rotatable bonds is 0. The predicted molar refractivity (Wildman–Crippen MR) is 55.1 cm³/mol. The van der Waals surface area contributed by atoms with Crippen LogP contribution in [0.5, 0.6) is 0 Å². The number of fused-ring (bicyclic) bond motifs is 4. The molecule has 2 nitrogen and oxygen atoms in total. The van der Waals surface area contributed by atoms with Crippen molar-refractivity contribution in [2.45, 2.75) is 30.7 Å². The highest BCUT2D eigenvalue weighted by Crippen LogP contribution is 2.54. The topological polar surface area (TPSA) is 12.5 Å². The average molecular weight is 243 g/mol. The molecule has 1 aliphatic carbocycles. The van der Waals surface area contributed by atoms with Crippen LogP contribution >= 0.6 is 0 Å². The van der Waals surface area contributed by atoms with Gasteiger partial charge in [0.05, 0.1) is 0 Å². The van der Waals surface area contributed by atoms with E-state index in [4.69, 9.17) is 4.84 Å². The molecular weight excluding hydrogens is 231 g/mol. The minimum atomic E-state index is -4.38. The fourth-order valence-electron chi connectivity index (χ4n) is 2.84. The summed E-state index contributed by atoms with van der Waals surface area (Å²) >= 11 is 0. The first-order valence-electron chi connectivity index (χ1n) is 5.51. The molecule has 1 aliphatic heterocycles. The van der Waals surface area contributed by atoms with Crippen molar-refractivity contribution in [1.29, 1.82) is 0 Å². The summed E-state index contributed by atoms with van der Waals surface area (Å²) < 4.78 is 40.0. The van der Waals surface area contributed by atoms with Crippen LogP contribution in [0.4, 0.5) is 13.2 Å². The zero-order valence-electron chi connectivity index (χ0n) is 9.29. The van der Waals surface area contributed by atoms with E-state index in [0.29, 0.717) is 6.42 Å². The molecule has 2 atom stereocenters.